The van der Waals surface area contributed by atoms with E-state index in [-0.39, 0.29) is 6.04 Å². The maximum Gasteiger partial charge on any atom is 0.0914 e. The first-order valence-corrected chi connectivity index (χ1v) is 8.32. The molecule has 2 nitrogen and oxygen atoms in total. The quantitative estimate of drug-likeness (QED) is 0.706. The highest BCUT2D eigenvalue weighted by atomic mass is 16.3. The van der Waals surface area contributed by atoms with Gasteiger partial charge >= 0.3 is 0 Å². The molecule has 0 saturated heterocycles. The molecule has 0 fully saturated rings. The molecule has 2 N–H and O–H groups in total. The van der Waals surface area contributed by atoms with Crippen molar-refractivity contribution in [2.75, 3.05) is 6.54 Å². The molecule has 3 aromatic carbocycles. The molecule has 24 heavy (non-hydrogen) atoms. The molecular formula is C22H23NO. The topological polar surface area (TPSA) is 32.3 Å². The molecule has 0 saturated carbocycles. The van der Waals surface area contributed by atoms with E-state index in [0.29, 0.717) is 6.54 Å². The zero-order valence-electron chi connectivity index (χ0n) is 13.9. The van der Waals surface area contributed by atoms with Gasteiger partial charge in [0.2, 0.25) is 0 Å². The third-order valence-corrected chi connectivity index (χ3v) is 4.24. The first-order valence-electron chi connectivity index (χ1n) is 8.32. The second-order valence-electron chi connectivity index (χ2n) is 6.09. The van der Waals surface area contributed by atoms with Crippen molar-refractivity contribution in [1.29, 1.82) is 0 Å². The van der Waals surface area contributed by atoms with Gasteiger partial charge in [0.1, 0.15) is 0 Å². The van der Waals surface area contributed by atoms with Gasteiger partial charge in [-0.05, 0) is 23.6 Å². The van der Waals surface area contributed by atoms with Crippen LogP contribution < -0.4 is 5.32 Å². The van der Waals surface area contributed by atoms with Crippen LogP contribution in [-0.2, 0) is 0 Å². The molecule has 0 bridgehead atoms. The van der Waals surface area contributed by atoms with E-state index in [1.54, 1.807) is 0 Å². The Morgan fingerprint density at radius 2 is 1.21 bits per heavy atom. The first kappa shape index (κ1) is 16.4. The van der Waals surface area contributed by atoms with Crippen LogP contribution in [0.1, 0.15) is 34.4 Å². The van der Waals surface area contributed by atoms with Crippen molar-refractivity contribution >= 4 is 0 Å². The Hall–Kier alpha value is -2.42. The lowest BCUT2D eigenvalue weighted by Gasteiger charge is -2.22. The van der Waals surface area contributed by atoms with Gasteiger partial charge in [0, 0.05) is 6.54 Å². The van der Waals surface area contributed by atoms with Gasteiger partial charge in [-0.1, -0.05) is 90.5 Å². The smallest absolute Gasteiger partial charge is 0.0914 e. The van der Waals surface area contributed by atoms with E-state index in [1.807, 2.05) is 48.5 Å². The van der Waals surface area contributed by atoms with Crippen molar-refractivity contribution < 1.29 is 5.11 Å². The lowest BCUT2D eigenvalue weighted by Crippen LogP contribution is -2.27. The van der Waals surface area contributed by atoms with Crippen LogP contribution in [0.3, 0.4) is 0 Å². The Kier molecular flexibility index (Phi) is 5.42. The lowest BCUT2D eigenvalue weighted by atomic mass is 9.97. The lowest BCUT2D eigenvalue weighted by molar-refractivity contribution is 0.172. The number of aryl methyl sites for hydroxylation is 1. The van der Waals surface area contributed by atoms with Crippen LogP contribution in [0.5, 0.6) is 0 Å². The minimum atomic E-state index is -0.525. The van der Waals surface area contributed by atoms with Crippen molar-refractivity contribution in [1.82, 2.24) is 5.32 Å². The molecule has 122 valence electrons. The molecule has 0 radical (unpaired) electrons. The van der Waals surface area contributed by atoms with Crippen LogP contribution in [0.4, 0.5) is 0 Å². The van der Waals surface area contributed by atoms with E-state index in [0.717, 1.165) is 5.56 Å². The van der Waals surface area contributed by atoms with E-state index in [4.69, 9.17) is 0 Å². The molecule has 0 unspecified atom stereocenters. The van der Waals surface area contributed by atoms with Gasteiger partial charge in [-0.3, -0.25) is 0 Å². The minimum absolute atomic E-state index is 0.0603. The number of aliphatic hydroxyl groups is 1. The molecule has 3 aromatic rings. The van der Waals surface area contributed by atoms with E-state index in [1.165, 1.54) is 16.7 Å². The fourth-order valence-electron chi connectivity index (χ4n) is 2.86. The Bertz CT molecular complexity index is 738. The predicted molar refractivity (Wildman–Crippen MR) is 98.9 cm³/mol. The summed E-state index contributed by atoms with van der Waals surface area (Å²) in [6.45, 7) is 2.59. The van der Waals surface area contributed by atoms with Crippen molar-refractivity contribution in [2.45, 2.75) is 19.1 Å². The first-order chi connectivity index (χ1) is 11.7. The van der Waals surface area contributed by atoms with E-state index in [9.17, 15) is 5.11 Å². The zero-order chi connectivity index (χ0) is 16.8. The van der Waals surface area contributed by atoms with Crippen molar-refractivity contribution in [3.63, 3.8) is 0 Å². The van der Waals surface area contributed by atoms with Crippen LogP contribution in [0.2, 0.25) is 0 Å². The SMILES string of the molecule is Cc1ccc([C@H](NC[C@H](O)c2ccccc2)c2ccccc2)cc1. The molecule has 0 aliphatic rings. The highest BCUT2D eigenvalue weighted by molar-refractivity contribution is 5.33. The molecule has 0 aromatic heterocycles. The summed E-state index contributed by atoms with van der Waals surface area (Å²) in [7, 11) is 0. The summed E-state index contributed by atoms with van der Waals surface area (Å²) in [6, 6.07) is 28.7. The van der Waals surface area contributed by atoms with Gasteiger partial charge in [-0.25, -0.2) is 0 Å². The normalized spacial score (nSPS) is 13.4. The number of hydrogen-bond donors (Lipinski definition) is 2. The van der Waals surface area contributed by atoms with Gasteiger partial charge in [-0.2, -0.15) is 0 Å². The van der Waals surface area contributed by atoms with Crippen LogP contribution >= 0.6 is 0 Å². The molecule has 0 amide bonds. The predicted octanol–water partition coefficient (Wildman–Crippen LogP) is 4.41. The molecule has 0 spiro atoms. The van der Waals surface area contributed by atoms with Crippen LogP contribution in [0, 0.1) is 6.92 Å². The summed E-state index contributed by atoms with van der Waals surface area (Å²) in [4.78, 5) is 0. The molecule has 0 heterocycles. The Morgan fingerprint density at radius 1 is 0.708 bits per heavy atom. The van der Waals surface area contributed by atoms with Gasteiger partial charge < -0.3 is 10.4 Å². The second-order valence-corrected chi connectivity index (χ2v) is 6.09. The van der Waals surface area contributed by atoms with Gasteiger partial charge in [0.05, 0.1) is 12.1 Å². The second kappa shape index (κ2) is 7.91. The average Bonchev–Trinajstić information content (AvgIpc) is 2.65. The number of benzene rings is 3. The zero-order valence-corrected chi connectivity index (χ0v) is 13.9. The summed E-state index contributed by atoms with van der Waals surface area (Å²) in [5, 5.41) is 14.0. The average molecular weight is 317 g/mol. The van der Waals surface area contributed by atoms with Gasteiger partial charge in [-0.15, -0.1) is 0 Å². The van der Waals surface area contributed by atoms with Gasteiger partial charge in [0.25, 0.3) is 0 Å². The standard InChI is InChI=1S/C22H23NO/c1-17-12-14-20(15-13-17)22(19-10-6-3-7-11-19)23-16-21(24)18-8-4-2-5-9-18/h2-15,21-24H,16H2,1H3/t21-,22+/m0/s1. The number of aliphatic hydroxyl groups excluding tert-OH is 1. The summed E-state index contributed by atoms with van der Waals surface area (Å²) in [6.07, 6.45) is -0.525. The maximum absolute atomic E-state index is 10.4. The van der Waals surface area contributed by atoms with Crippen LogP contribution in [0.25, 0.3) is 0 Å². The fourth-order valence-corrected chi connectivity index (χ4v) is 2.86. The minimum Gasteiger partial charge on any atom is -0.387 e. The monoisotopic (exact) mass is 317 g/mol. The summed E-state index contributed by atoms with van der Waals surface area (Å²) in [5.74, 6) is 0. The third-order valence-electron chi connectivity index (χ3n) is 4.24. The number of hydrogen-bond acceptors (Lipinski definition) is 2. The summed E-state index contributed by atoms with van der Waals surface area (Å²) < 4.78 is 0. The van der Waals surface area contributed by atoms with Crippen molar-refractivity contribution in [2.24, 2.45) is 0 Å². The molecule has 0 aliphatic heterocycles. The van der Waals surface area contributed by atoms with E-state index < -0.39 is 6.10 Å². The largest absolute Gasteiger partial charge is 0.387 e. The number of nitrogens with one attached hydrogen (secondary N) is 1. The van der Waals surface area contributed by atoms with E-state index in [2.05, 4.69) is 48.6 Å². The van der Waals surface area contributed by atoms with E-state index >= 15 is 0 Å². The number of rotatable bonds is 6. The highest BCUT2D eigenvalue weighted by Gasteiger charge is 2.15. The molecule has 2 atom stereocenters. The molecular weight excluding hydrogens is 294 g/mol. The molecule has 2 heteroatoms. The Morgan fingerprint density at radius 3 is 1.79 bits per heavy atom. The van der Waals surface area contributed by atoms with Crippen LogP contribution in [-0.4, -0.2) is 11.7 Å². The maximum atomic E-state index is 10.4. The Balaban J connectivity index is 1.79. The third kappa shape index (κ3) is 4.10. The molecule has 3 rings (SSSR count). The molecule has 0 aliphatic carbocycles. The summed E-state index contributed by atoms with van der Waals surface area (Å²) >= 11 is 0. The van der Waals surface area contributed by atoms with Crippen molar-refractivity contribution in [3.8, 4) is 0 Å². The fraction of sp³-hybridized carbons (Fsp3) is 0.182. The van der Waals surface area contributed by atoms with Crippen LogP contribution in [0.15, 0.2) is 84.9 Å². The Labute approximate surface area is 143 Å². The summed E-state index contributed by atoms with van der Waals surface area (Å²) in [5.41, 5.74) is 4.57. The highest BCUT2D eigenvalue weighted by Crippen LogP contribution is 2.23. The van der Waals surface area contributed by atoms with Crippen molar-refractivity contribution in [3.05, 3.63) is 107 Å². The van der Waals surface area contributed by atoms with Gasteiger partial charge in [0.15, 0.2) is 0 Å².